The molecule has 5 heteroatoms. The van der Waals surface area contributed by atoms with Crippen LogP contribution in [-0.4, -0.2) is 23.2 Å². The van der Waals surface area contributed by atoms with E-state index in [0.717, 1.165) is 5.56 Å². The maximum Gasteiger partial charge on any atom is 0.340 e. The molecule has 0 bridgehead atoms. The molecule has 0 aliphatic heterocycles. The zero-order valence-electron chi connectivity index (χ0n) is 10.2. The van der Waals surface area contributed by atoms with E-state index in [1.165, 1.54) is 6.20 Å². The minimum atomic E-state index is -1.06. The molecule has 1 aromatic heterocycles. The number of aromatic nitrogens is 1. The SMILES string of the molecule is COc1ccc(C)cc1-c1[nH]cc(N)c1C(=O)O. The molecule has 5 nitrogen and oxygen atoms in total. The van der Waals surface area contributed by atoms with Crippen molar-refractivity contribution >= 4 is 11.7 Å². The summed E-state index contributed by atoms with van der Waals surface area (Å²) in [5.41, 5.74) is 8.09. The van der Waals surface area contributed by atoms with Crippen molar-refractivity contribution in [1.29, 1.82) is 0 Å². The Morgan fingerprint density at radius 1 is 1.44 bits per heavy atom. The molecule has 94 valence electrons. The first-order valence-corrected chi connectivity index (χ1v) is 5.39. The second-order valence-electron chi connectivity index (χ2n) is 4.00. The van der Waals surface area contributed by atoms with Gasteiger partial charge in [0.25, 0.3) is 0 Å². The summed E-state index contributed by atoms with van der Waals surface area (Å²) < 4.78 is 5.24. The van der Waals surface area contributed by atoms with E-state index < -0.39 is 5.97 Å². The number of carbonyl (C=O) groups is 1. The molecule has 0 saturated heterocycles. The lowest BCUT2D eigenvalue weighted by atomic mass is 10.0. The number of ether oxygens (including phenoxy) is 1. The Bertz CT molecular complexity index is 602. The number of carboxylic acids is 1. The van der Waals surface area contributed by atoms with Gasteiger partial charge in [-0.15, -0.1) is 0 Å². The van der Waals surface area contributed by atoms with E-state index in [-0.39, 0.29) is 11.3 Å². The van der Waals surface area contributed by atoms with Gasteiger partial charge in [-0.25, -0.2) is 4.79 Å². The number of anilines is 1. The predicted octanol–water partition coefficient (Wildman–Crippen LogP) is 2.28. The van der Waals surface area contributed by atoms with E-state index in [4.69, 9.17) is 10.5 Å². The first-order valence-electron chi connectivity index (χ1n) is 5.39. The molecule has 0 radical (unpaired) electrons. The maximum absolute atomic E-state index is 11.2. The van der Waals surface area contributed by atoms with Crippen LogP contribution >= 0.6 is 0 Å². The number of hydrogen-bond acceptors (Lipinski definition) is 3. The molecule has 0 atom stereocenters. The highest BCUT2D eigenvalue weighted by atomic mass is 16.5. The van der Waals surface area contributed by atoms with E-state index >= 15 is 0 Å². The van der Waals surface area contributed by atoms with Crippen molar-refractivity contribution in [1.82, 2.24) is 4.98 Å². The number of carboxylic acid groups (broad SMARTS) is 1. The number of aryl methyl sites for hydroxylation is 1. The van der Waals surface area contributed by atoms with Crippen LogP contribution in [0.25, 0.3) is 11.3 Å². The van der Waals surface area contributed by atoms with Gasteiger partial charge in [-0.1, -0.05) is 11.6 Å². The summed E-state index contributed by atoms with van der Waals surface area (Å²) >= 11 is 0. The summed E-state index contributed by atoms with van der Waals surface area (Å²) in [6, 6.07) is 5.55. The molecule has 18 heavy (non-hydrogen) atoms. The van der Waals surface area contributed by atoms with Crippen LogP contribution in [0.15, 0.2) is 24.4 Å². The molecule has 0 saturated carbocycles. The minimum Gasteiger partial charge on any atom is -0.496 e. The van der Waals surface area contributed by atoms with Gasteiger partial charge >= 0.3 is 5.97 Å². The third kappa shape index (κ3) is 1.90. The molecule has 0 amide bonds. The summed E-state index contributed by atoms with van der Waals surface area (Å²) in [7, 11) is 1.54. The number of nitrogens with two attached hydrogens (primary N) is 1. The average Bonchev–Trinajstić information content (AvgIpc) is 2.71. The highest BCUT2D eigenvalue weighted by Gasteiger charge is 2.20. The summed E-state index contributed by atoms with van der Waals surface area (Å²) in [6.45, 7) is 1.93. The highest BCUT2D eigenvalue weighted by molar-refractivity contribution is 6.01. The molecular formula is C13H14N2O3. The van der Waals surface area contributed by atoms with Gasteiger partial charge < -0.3 is 20.6 Å². The number of aromatic amines is 1. The fourth-order valence-electron chi connectivity index (χ4n) is 1.90. The lowest BCUT2D eigenvalue weighted by Gasteiger charge is -2.09. The van der Waals surface area contributed by atoms with Crippen molar-refractivity contribution in [3.05, 3.63) is 35.5 Å². The zero-order valence-corrected chi connectivity index (χ0v) is 10.2. The van der Waals surface area contributed by atoms with Gasteiger partial charge in [-0.05, 0) is 19.1 Å². The number of hydrogen-bond donors (Lipinski definition) is 3. The Morgan fingerprint density at radius 2 is 2.17 bits per heavy atom. The minimum absolute atomic E-state index is 0.0684. The highest BCUT2D eigenvalue weighted by Crippen LogP contribution is 2.34. The molecule has 1 heterocycles. The Morgan fingerprint density at radius 3 is 2.78 bits per heavy atom. The van der Waals surface area contributed by atoms with Crippen molar-refractivity contribution in [2.45, 2.75) is 6.92 Å². The van der Waals surface area contributed by atoms with Crippen LogP contribution in [0.5, 0.6) is 5.75 Å². The smallest absolute Gasteiger partial charge is 0.340 e. The monoisotopic (exact) mass is 246 g/mol. The Hall–Kier alpha value is -2.43. The lowest BCUT2D eigenvalue weighted by Crippen LogP contribution is -2.02. The third-order valence-corrected chi connectivity index (χ3v) is 2.75. The van der Waals surface area contributed by atoms with E-state index in [2.05, 4.69) is 4.98 Å². The molecule has 2 rings (SSSR count). The van der Waals surface area contributed by atoms with E-state index in [1.54, 1.807) is 13.2 Å². The van der Waals surface area contributed by atoms with E-state index in [0.29, 0.717) is 17.0 Å². The van der Waals surface area contributed by atoms with Crippen LogP contribution in [0.4, 0.5) is 5.69 Å². The van der Waals surface area contributed by atoms with Gasteiger partial charge in [0.15, 0.2) is 0 Å². The summed E-state index contributed by atoms with van der Waals surface area (Å²) in [6.07, 6.45) is 1.47. The molecule has 0 aliphatic carbocycles. The zero-order chi connectivity index (χ0) is 13.3. The third-order valence-electron chi connectivity index (χ3n) is 2.75. The Labute approximate surface area is 104 Å². The maximum atomic E-state index is 11.2. The topological polar surface area (TPSA) is 88.3 Å². The number of H-pyrrole nitrogens is 1. The molecule has 4 N–H and O–H groups in total. The van der Waals surface area contributed by atoms with Gasteiger partial charge in [0, 0.05) is 11.8 Å². The number of benzene rings is 1. The summed E-state index contributed by atoms with van der Waals surface area (Å²) in [5.74, 6) is -0.461. The second kappa shape index (κ2) is 4.44. The van der Waals surface area contributed by atoms with Crippen LogP contribution in [0.1, 0.15) is 15.9 Å². The summed E-state index contributed by atoms with van der Waals surface area (Å²) in [5, 5.41) is 9.19. The van der Waals surface area contributed by atoms with Crippen LogP contribution in [0, 0.1) is 6.92 Å². The molecular weight excluding hydrogens is 232 g/mol. The predicted molar refractivity (Wildman–Crippen MR) is 68.9 cm³/mol. The normalized spacial score (nSPS) is 10.3. The van der Waals surface area contributed by atoms with E-state index in [1.807, 2.05) is 19.1 Å². The molecule has 0 aliphatic rings. The van der Waals surface area contributed by atoms with Gasteiger partial charge in [-0.2, -0.15) is 0 Å². The fourth-order valence-corrected chi connectivity index (χ4v) is 1.90. The van der Waals surface area contributed by atoms with Crippen LogP contribution < -0.4 is 10.5 Å². The van der Waals surface area contributed by atoms with Crippen LogP contribution in [0.2, 0.25) is 0 Å². The van der Waals surface area contributed by atoms with Gasteiger partial charge in [0.05, 0.1) is 18.5 Å². The van der Waals surface area contributed by atoms with E-state index in [9.17, 15) is 9.90 Å². The van der Waals surface area contributed by atoms with Crippen molar-refractivity contribution in [3.8, 4) is 17.0 Å². The molecule has 0 fully saturated rings. The first-order chi connectivity index (χ1) is 8.54. The van der Waals surface area contributed by atoms with Crippen LogP contribution in [-0.2, 0) is 0 Å². The molecule has 2 aromatic rings. The Kier molecular flexibility index (Phi) is 2.97. The quantitative estimate of drug-likeness (QED) is 0.775. The van der Waals surface area contributed by atoms with Crippen molar-refractivity contribution < 1.29 is 14.6 Å². The summed E-state index contributed by atoms with van der Waals surface area (Å²) in [4.78, 5) is 14.1. The second-order valence-corrected chi connectivity index (χ2v) is 4.00. The first kappa shape index (κ1) is 12.0. The van der Waals surface area contributed by atoms with Crippen LogP contribution in [0.3, 0.4) is 0 Å². The average molecular weight is 246 g/mol. The standard InChI is InChI=1S/C13H14N2O3/c1-7-3-4-10(18-2)8(5-7)12-11(13(16)17)9(14)6-15-12/h3-6,15H,14H2,1-2H3,(H,16,17). The number of rotatable bonds is 3. The van der Waals surface area contributed by atoms with Gasteiger partial charge in [0.1, 0.15) is 11.3 Å². The Balaban J connectivity index is 2.69. The van der Waals surface area contributed by atoms with Crippen molar-refractivity contribution in [2.24, 2.45) is 0 Å². The molecule has 0 spiro atoms. The van der Waals surface area contributed by atoms with Crippen molar-refractivity contribution in [3.63, 3.8) is 0 Å². The van der Waals surface area contributed by atoms with Gasteiger partial charge in [0.2, 0.25) is 0 Å². The molecule has 1 aromatic carbocycles. The number of aromatic carboxylic acids is 1. The van der Waals surface area contributed by atoms with Gasteiger partial charge in [-0.3, -0.25) is 0 Å². The fraction of sp³-hybridized carbons (Fsp3) is 0.154. The lowest BCUT2D eigenvalue weighted by molar-refractivity contribution is 0.0699. The van der Waals surface area contributed by atoms with Crippen molar-refractivity contribution in [2.75, 3.05) is 12.8 Å². The largest absolute Gasteiger partial charge is 0.496 e. The number of nitrogen functional groups attached to an aromatic ring is 1. The molecule has 0 unspecified atom stereocenters. The number of nitrogens with one attached hydrogen (secondary N) is 1. The number of methoxy groups -OCH3 is 1.